The van der Waals surface area contributed by atoms with Gasteiger partial charge in [0.2, 0.25) is 5.91 Å². The molecule has 128 valence electrons. The van der Waals surface area contributed by atoms with Gasteiger partial charge in [0, 0.05) is 26.7 Å². The van der Waals surface area contributed by atoms with Crippen LogP contribution in [0.25, 0.3) is 0 Å². The number of ether oxygens (including phenoxy) is 1. The fraction of sp³-hybridized carbons (Fsp3) is 0.350. The van der Waals surface area contributed by atoms with Gasteiger partial charge in [-0.1, -0.05) is 54.6 Å². The Labute approximate surface area is 144 Å². The van der Waals surface area contributed by atoms with Crippen molar-refractivity contribution < 1.29 is 9.53 Å². The van der Waals surface area contributed by atoms with E-state index in [0.717, 1.165) is 5.56 Å². The van der Waals surface area contributed by atoms with Crippen LogP contribution in [0.1, 0.15) is 16.7 Å². The Morgan fingerprint density at radius 2 is 1.75 bits per heavy atom. The summed E-state index contributed by atoms with van der Waals surface area (Å²) in [4.78, 5) is 14.5. The molecule has 0 aliphatic rings. The molecule has 0 aliphatic heterocycles. The largest absolute Gasteiger partial charge is 0.383 e. The maximum absolute atomic E-state index is 12.6. The molecule has 0 aliphatic carbocycles. The van der Waals surface area contributed by atoms with Gasteiger partial charge in [0.25, 0.3) is 0 Å². The van der Waals surface area contributed by atoms with Crippen LogP contribution in [0, 0.1) is 6.92 Å². The second-order valence-electron chi connectivity index (χ2n) is 5.83. The minimum atomic E-state index is 0.0956. The summed E-state index contributed by atoms with van der Waals surface area (Å²) in [6.45, 7) is 4.90. The van der Waals surface area contributed by atoms with Crippen LogP contribution in [0.4, 0.5) is 0 Å². The van der Waals surface area contributed by atoms with Gasteiger partial charge in [0.15, 0.2) is 0 Å². The number of hydrogen-bond acceptors (Lipinski definition) is 3. The first-order valence-corrected chi connectivity index (χ1v) is 8.26. The van der Waals surface area contributed by atoms with Crippen LogP contribution in [0.2, 0.25) is 0 Å². The number of aryl methyl sites for hydroxylation is 1. The molecular formula is C20H26N2O2. The van der Waals surface area contributed by atoms with E-state index < -0.39 is 0 Å². The standard InChI is InChI=1S/C20H26N2O2/c1-17-8-6-7-11-19(17)16-22(15-18-9-4-3-5-10-18)20(23)14-21-12-13-24-2/h3-11,21H,12-16H2,1-2H3. The Bertz CT molecular complexity index is 629. The zero-order valence-electron chi connectivity index (χ0n) is 14.5. The lowest BCUT2D eigenvalue weighted by Gasteiger charge is -2.24. The van der Waals surface area contributed by atoms with Gasteiger partial charge >= 0.3 is 0 Å². The van der Waals surface area contributed by atoms with Crippen LogP contribution in [0.15, 0.2) is 54.6 Å². The van der Waals surface area contributed by atoms with Gasteiger partial charge < -0.3 is 15.0 Å². The third-order valence-corrected chi connectivity index (χ3v) is 3.95. The van der Waals surface area contributed by atoms with Crippen molar-refractivity contribution in [1.29, 1.82) is 0 Å². The molecule has 0 radical (unpaired) electrons. The molecule has 0 atom stereocenters. The topological polar surface area (TPSA) is 41.6 Å². The predicted molar refractivity (Wildman–Crippen MR) is 96.6 cm³/mol. The van der Waals surface area contributed by atoms with E-state index in [1.165, 1.54) is 11.1 Å². The highest BCUT2D eigenvalue weighted by Gasteiger charge is 2.15. The molecule has 2 rings (SSSR count). The number of nitrogens with one attached hydrogen (secondary N) is 1. The summed E-state index contributed by atoms with van der Waals surface area (Å²) in [5.74, 6) is 0.0956. The number of hydrogen-bond donors (Lipinski definition) is 1. The van der Waals surface area contributed by atoms with Crippen molar-refractivity contribution in [3.8, 4) is 0 Å². The van der Waals surface area contributed by atoms with Crippen molar-refractivity contribution in [2.75, 3.05) is 26.8 Å². The van der Waals surface area contributed by atoms with Crippen LogP contribution in [-0.2, 0) is 22.6 Å². The van der Waals surface area contributed by atoms with Crippen molar-refractivity contribution in [1.82, 2.24) is 10.2 Å². The molecule has 0 unspecified atom stereocenters. The number of methoxy groups -OCH3 is 1. The maximum atomic E-state index is 12.6. The van der Waals surface area contributed by atoms with Crippen molar-refractivity contribution >= 4 is 5.91 Å². The lowest BCUT2D eigenvalue weighted by molar-refractivity contribution is -0.131. The van der Waals surface area contributed by atoms with Crippen molar-refractivity contribution in [3.05, 3.63) is 71.3 Å². The molecule has 0 aromatic heterocycles. The molecule has 24 heavy (non-hydrogen) atoms. The highest BCUT2D eigenvalue weighted by molar-refractivity contribution is 5.78. The monoisotopic (exact) mass is 326 g/mol. The minimum absolute atomic E-state index is 0.0956. The molecule has 4 heteroatoms. The zero-order valence-corrected chi connectivity index (χ0v) is 14.5. The summed E-state index contributed by atoms with van der Waals surface area (Å²) in [5, 5.41) is 3.14. The predicted octanol–water partition coefficient (Wildman–Crippen LogP) is 2.76. The Balaban J connectivity index is 2.06. The Kier molecular flexibility index (Phi) is 7.46. The first-order valence-electron chi connectivity index (χ1n) is 8.26. The molecule has 0 heterocycles. The van der Waals surface area contributed by atoms with E-state index >= 15 is 0 Å². The summed E-state index contributed by atoms with van der Waals surface area (Å²) < 4.78 is 5.00. The third-order valence-electron chi connectivity index (χ3n) is 3.95. The molecule has 2 aromatic carbocycles. The minimum Gasteiger partial charge on any atom is -0.383 e. The smallest absolute Gasteiger partial charge is 0.237 e. The van der Waals surface area contributed by atoms with E-state index in [0.29, 0.717) is 32.8 Å². The van der Waals surface area contributed by atoms with E-state index in [9.17, 15) is 4.79 Å². The highest BCUT2D eigenvalue weighted by atomic mass is 16.5. The fourth-order valence-electron chi connectivity index (χ4n) is 2.51. The van der Waals surface area contributed by atoms with Gasteiger partial charge in [-0.2, -0.15) is 0 Å². The lowest BCUT2D eigenvalue weighted by Crippen LogP contribution is -2.38. The molecule has 1 N–H and O–H groups in total. The highest BCUT2D eigenvalue weighted by Crippen LogP contribution is 2.13. The number of nitrogens with zero attached hydrogens (tertiary/aromatic N) is 1. The van der Waals surface area contributed by atoms with Crippen LogP contribution < -0.4 is 5.32 Å². The zero-order chi connectivity index (χ0) is 17.2. The van der Waals surface area contributed by atoms with Gasteiger partial charge in [-0.15, -0.1) is 0 Å². The molecule has 0 fully saturated rings. The van der Waals surface area contributed by atoms with E-state index in [-0.39, 0.29) is 5.91 Å². The van der Waals surface area contributed by atoms with E-state index in [1.54, 1.807) is 7.11 Å². The van der Waals surface area contributed by atoms with Gasteiger partial charge in [-0.3, -0.25) is 4.79 Å². The average Bonchev–Trinajstić information content (AvgIpc) is 2.61. The number of carbonyl (C=O) groups is 1. The quantitative estimate of drug-likeness (QED) is 0.721. The third kappa shape index (κ3) is 5.80. The summed E-state index contributed by atoms with van der Waals surface area (Å²) >= 11 is 0. The van der Waals surface area contributed by atoms with Crippen molar-refractivity contribution in [2.45, 2.75) is 20.0 Å². The number of carbonyl (C=O) groups excluding carboxylic acids is 1. The molecule has 1 amide bonds. The van der Waals surface area contributed by atoms with E-state index in [1.807, 2.05) is 35.2 Å². The van der Waals surface area contributed by atoms with Crippen molar-refractivity contribution in [3.63, 3.8) is 0 Å². The Morgan fingerprint density at radius 1 is 1.04 bits per heavy atom. The molecular weight excluding hydrogens is 300 g/mol. The normalized spacial score (nSPS) is 10.6. The van der Waals surface area contributed by atoms with Gasteiger partial charge in [-0.05, 0) is 23.6 Å². The van der Waals surface area contributed by atoms with Gasteiger partial charge in [0.05, 0.1) is 13.2 Å². The lowest BCUT2D eigenvalue weighted by atomic mass is 10.1. The van der Waals surface area contributed by atoms with Crippen LogP contribution in [-0.4, -0.2) is 37.6 Å². The van der Waals surface area contributed by atoms with Gasteiger partial charge in [0.1, 0.15) is 0 Å². The van der Waals surface area contributed by atoms with Crippen LogP contribution >= 0.6 is 0 Å². The second-order valence-corrected chi connectivity index (χ2v) is 5.83. The number of benzene rings is 2. The van der Waals surface area contributed by atoms with Crippen LogP contribution in [0.3, 0.4) is 0 Å². The Hall–Kier alpha value is -2.17. The number of rotatable bonds is 9. The first kappa shape index (κ1) is 18.2. The summed E-state index contributed by atoms with van der Waals surface area (Å²) in [5.41, 5.74) is 3.52. The maximum Gasteiger partial charge on any atom is 0.237 e. The molecule has 0 bridgehead atoms. The summed E-state index contributed by atoms with van der Waals surface area (Å²) in [6, 6.07) is 18.3. The summed E-state index contributed by atoms with van der Waals surface area (Å²) in [6.07, 6.45) is 0. The Morgan fingerprint density at radius 3 is 2.46 bits per heavy atom. The summed E-state index contributed by atoms with van der Waals surface area (Å²) in [7, 11) is 1.66. The number of amides is 1. The van der Waals surface area contributed by atoms with E-state index in [4.69, 9.17) is 4.74 Å². The molecule has 0 saturated heterocycles. The first-order chi connectivity index (χ1) is 11.7. The molecule has 2 aromatic rings. The van der Waals surface area contributed by atoms with Crippen molar-refractivity contribution in [2.24, 2.45) is 0 Å². The SMILES string of the molecule is COCCNCC(=O)N(Cc1ccccc1)Cc1ccccc1C. The van der Waals surface area contributed by atoms with E-state index in [2.05, 4.69) is 36.5 Å². The fourth-order valence-corrected chi connectivity index (χ4v) is 2.51. The average molecular weight is 326 g/mol. The molecule has 4 nitrogen and oxygen atoms in total. The molecule has 0 saturated carbocycles. The van der Waals surface area contributed by atoms with Gasteiger partial charge in [-0.25, -0.2) is 0 Å². The van der Waals surface area contributed by atoms with Crippen LogP contribution in [0.5, 0.6) is 0 Å². The second kappa shape index (κ2) is 9.85. The molecule has 0 spiro atoms.